The van der Waals surface area contributed by atoms with Crippen molar-refractivity contribution in [2.24, 2.45) is 5.14 Å². The van der Waals surface area contributed by atoms with Gasteiger partial charge in [0.15, 0.2) is 17.3 Å². The van der Waals surface area contributed by atoms with Gasteiger partial charge in [-0.1, -0.05) is 61.9 Å². The molecule has 0 spiro atoms. The molecule has 1 heterocycles. The molecule has 7 nitrogen and oxygen atoms in total. The minimum absolute atomic E-state index is 0.0302. The number of imidazole rings is 1. The van der Waals surface area contributed by atoms with Gasteiger partial charge < -0.3 is 14.6 Å². The first-order valence-electron chi connectivity index (χ1n) is 13.6. The predicted molar refractivity (Wildman–Crippen MR) is 152 cm³/mol. The van der Waals surface area contributed by atoms with Gasteiger partial charge in [0.05, 0.1) is 10.6 Å². The van der Waals surface area contributed by atoms with Crippen molar-refractivity contribution in [2.75, 3.05) is 0 Å². The summed E-state index contributed by atoms with van der Waals surface area (Å²) in [5.41, 5.74) is -0.0154. The van der Waals surface area contributed by atoms with E-state index in [1.807, 2.05) is 6.92 Å². The number of halogens is 6. The summed E-state index contributed by atoms with van der Waals surface area (Å²) in [6.07, 6.45) is -3.86. The summed E-state index contributed by atoms with van der Waals surface area (Å²) in [5, 5.41) is 8.27. The van der Waals surface area contributed by atoms with Crippen LogP contribution in [0.15, 0.2) is 77.7 Å². The number of sulfonamides is 1. The Morgan fingerprint density at radius 2 is 1.70 bits per heavy atom. The molecule has 4 rings (SSSR count). The van der Waals surface area contributed by atoms with E-state index in [1.165, 1.54) is 34.9 Å². The quantitative estimate of drug-likeness (QED) is 0.156. The first-order chi connectivity index (χ1) is 20.8. The van der Waals surface area contributed by atoms with Crippen LogP contribution >= 0.6 is 0 Å². The second-order valence-electron chi connectivity index (χ2n) is 9.99. The van der Waals surface area contributed by atoms with E-state index in [-0.39, 0.29) is 41.5 Å². The van der Waals surface area contributed by atoms with Crippen LogP contribution in [0.25, 0.3) is 11.4 Å². The van der Waals surface area contributed by atoms with Gasteiger partial charge in [-0.05, 0) is 41.8 Å². The van der Waals surface area contributed by atoms with Gasteiger partial charge in [-0.15, -0.1) is 0 Å². The lowest BCUT2D eigenvalue weighted by Gasteiger charge is -2.23. The average Bonchev–Trinajstić information content (AvgIpc) is 3.33. The summed E-state index contributed by atoms with van der Waals surface area (Å²) in [7, 11) is -3.95. The molecule has 0 aliphatic rings. The van der Waals surface area contributed by atoms with E-state index in [0.717, 1.165) is 12.1 Å². The number of unbranched alkanes of at least 4 members (excludes halogenated alkanes) is 1. The number of rotatable bonds is 13. The Balaban J connectivity index is 1.79. The fourth-order valence-electron chi connectivity index (χ4n) is 4.75. The molecule has 236 valence electrons. The fourth-order valence-corrected chi connectivity index (χ4v) is 5.27. The molecular weight excluding hydrogens is 610 g/mol. The largest absolute Gasteiger partial charge is 0.435 e. The maximum atomic E-state index is 14.8. The summed E-state index contributed by atoms with van der Waals surface area (Å²) in [6, 6.07) is 16.2. The highest BCUT2D eigenvalue weighted by atomic mass is 32.2. The normalized spacial score (nSPS) is 12.9. The van der Waals surface area contributed by atoms with Crippen molar-refractivity contribution in [3.05, 3.63) is 101 Å². The maximum absolute atomic E-state index is 14.8. The molecule has 44 heavy (non-hydrogen) atoms. The number of aromatic nitrogens is 2. The second-order valence-corrected chi connectivity index (χ2v) is 11.6. The Bertz CT molecular complexity index is 1660. The van der Waals surface area contributed by atoms with Crippen LogP contribution in [-0.4, -0.2) is 24.6 Å². The number of ether oxygens (including phenoxy) is 1. The average molecular weight is 641 g/mol. The smallest absolute Gasteiger partial charge is 0.432 e. The monoisotopic (exact) mass is 640 g/mol. The van der Waals surface area contributed by atoms with Crippen LogP contribution in [0.1, 0.15) is 48.3 Å². The molecular formula is C30H30F6N4O3S. The molecule has 14 heteroatoms. The van der Waals surface area contributed by atoms with Crippen molar-refractivity contribution in [2.45, 2.75) is 63.0 Å². The van der Waals surface area contributed by atoms with Gasteiger partial charge in [-0.25, -0.2) is 22.9 Å². The highest BCUT2D eigenvalue weighted by Gasteiger charge is 2.39. The minimum atomic E-state index is -4.81. The first-order valence-corrected chi connectivity index (χ1v) is 15.1. The van der Waals surface area contributed by atoms with Crippen LogP contribution < -0.4 is 15.2 Å². The first kappa shape index (κ1) is 33.0. The van der Waals surface area contributed by atoms with E-state index in [4.69, 9.17) is 5.14 Å². The number of primary sulfonamides is 1. The Kier molecular flexibility index (Phi) is 10.4. The van der Waals surface area contributed by atoms with Crippen LogP contribution in [0.4, 0.5) is 26.3 Å². The Morgan fingerprint density at radius 3 is 2.27 bits per heavy atom. The van der Waals surface area contributed by atoms with Gasteiger partial charge in [0, 0.05) is 31.1 Å². The van der Waals surface area contributed by atoms with Gasteiger partial charge in [0.2, 0.25) is 10.0 Å². The van der Waals surface area contributed by atoms with Gasteiger partial charge in [-0.2, -0.15) is 22.0 Å². The van der Waals surface area contributed by atoms with Gasteiger partial charge >= 0.3 is 12.8 Å². The van der Waals surface area contributed by atoms with Gasteiger partial charge in [0.1, 0.15) is 5.82 Å². The Labute approximate surface area is 250 Å². The van der Waals surface area contributed by atoms with Crippen LogP contribution in [0.3, 0.4) is 0 Å². The predicted octanol–water partition coefficient (Wildman–Crippen LogP) is 6.83. The summed E-state index contributed by atoms with van der Waals surface area (Å²) >= 11 is 0. The second kappa shape index (κ2) is 13.8. The topological polar surface area (TPSA) is 99.2 Å². The summed E-state index contributed by atoms with van der Waals surface area (Å²) < 4.78 is 113. The zero-order valence-corrected chi connectivity index (χ0v) is 24.3. The molecule has 1 atom stereocenters. The summed E-state index contributed by atoms with van der Waals surface area (Å²) in [5.74, 6) is -1.70. The van der Waals surface area contributed by atoms with Crippen molar-refractivity contribution in [3.8, 4) is 17.1 Å². The van der Waals surface area contributed by atoms with Crippen molar-refractivity contribution in [3.63, 3.8) is 0 Å². The van der Waals surface area contributed by atoms with E-state index >= 15 is 0 Å². The zero-order chi connectivity index (χ0) is 32.1. The van der Waals surface area contributed by atoms with Gasteiger partial charge in [0.25, 0.3) is 0 Å². The third kappa shape index (κ3) is 8.18. The molecule has 0 saturated heterocycles. The molecule has 3 N–H and O–H groups in total. The Hall–Kier alpha value is -3.88. The molecule has 0 saturated carbocycles. The number of nitrogens with one attached hydrogen (secondary N) is 1. The van der Waals surface area contributed by atoms with E-state index in [0.29, 0.717) is 24.0 Å². The molecule has 0 bridgehead atoms. The van der Waals surface area contributed by atoms with Crippen molar-refractivity contribution < 1.29 is 39.5 Å². The van der Waals surface area contributed by atoms with E-state index in [9.17, 15) is 34.8 Å². The van der Waals surface area contributed by atoms with Crippen molar-refractivity contribution >= 4 is 10.0 Å². The lowest BCUT2D eigenvalue weighted by atomic mass is 9.99. The third-order valence-electron chi connectivity index (χ3n) is 6.88. The number of benzene rings is 3. The van der Waals surface area contributed by atoms with Crippen molar-refractivity contribution in [1.29, 1.82) is 0 Å². The van der Waals surface area contributed by atoms with Crippen LogP contribution in [0.2, 0.25) is 0 Å². The highest BCUT2D eigenvalue weighted by molar-refractivity contribution is 7.89. The van der Waals surface area contributed by atoms with Gasteiger partial charge in [-0.3, -0.25) is 0 Å². The molecule has 1 aromatic heterocycles. The highest BCUT2D eigenvalue weighted by Crippen LogP contribution is 2.37. The molecule has 0 aliphatic heterocycles. The summed E-state index contributed by atoms with van der Waals surface area (Å²) in [4.78, 5) is 3.90. The zero-order valence-electron chi connectivity index (χ0n) is 23.5. The van der Waals surface area contributed by atoms with Crippen LogP contribution in [0, 0.1) is 5.82 Å². The number of hydrogen-bond acceptors (Lipinski definition) is 5. The maximum Gasteiger partial charge on any atom is 0.435 e. The standard InChI is InChI=1S/C30H30F6N4O3S/c1-2-3-15-40-25(27(30(34,35)36)39-28(40)20-7-5-4-6-8-20)17-24(21-11-14-26(23(31)16-21)43-29(32)33)38-18-19-9-12-22(13-10-19)44(37,41)42/h4-14,16,24,29,38H,2-3,15,17-18H2,1H3,(H2,37,41,42). The number of nitrogens with zero attached hydrogens (tertiary/aromatic N) is 2. The Morgan fingerprint density at radius 1 is 1.02 bits per heavy atom. The number of hydrogen-bond donors (Lipinski definition) is 2. The molecule has 0 fully saturated rings. The lowest BCUT2D eigenvalue weighted by Crippen LogP contribution is -2.26. The molecule has 1 unspecified atom stereocenters. The molecule has 4 aromatic rings. The SMILES string of the molecule is CCCCn1c(-c2ccccc2)nc(C(F)(F)F)c1CC(NCc1ccc(S(N)(=O)=O)cc1)c1ccc(OC(F)F)c(F)c1. The lowest BCUT2D eigenvalue weighted by molar-refractivity contribution is -0.141. The van der Waals surface area contributed by atoms with Crippen LogP contribution in [-0.2, 0) is 35.7 Å². The number of nitrogens with two attached hydrogens (primary N) is 1. The molecule has 0 aliphatic carbocycles. The third-order valence-corrected chi connectivity index (χ3v) is 7.81. The summed E-state index contributed by atoms with van der Waals surface area (Å²) in [6.45, 7) is -1.11. The fraction of sp³-hybridized carbons (Fsp3) is 0.300. The molecule has 0 amide bonds. The van der Waals surface area contributed by atoms with Crippen LogP contribution in [0.5, 0.6) is 5.75 Å². The van der Waals surface area contributed by atoms with Crippen molar-refractivity contribution in [1.82, 2.24) is 14.9 Å². The van der Waals surface area contributed by atoms with E-state index in [1.54, 1.807) is 30.3 Å². The molecule has 3 aromatic carbocycles. The van der Waals surface area contributed by atoms with E-state index < -0.39 is 46.1 Å². The number of alkyl halides is 5. The minimum Gasteiger partial charge on any atom is -0.432 e. The van der Waals surface area contributed by atoms with E-state index in [2.05, 4.69) is 15.0 Å². The molecule has 0 radical (unpaired) electrons.